The number of benzene rings is 1. The zero-order valence-corrected chi connectivity index (χ0v) is 11.1. The third-order valence-corrected chi connectivity index (χ3v) is 2.72. The molecule has 2 rings (SSSR count). The number of rotatable bonds is 2. The molecule has 1 aromatic carbocycles. The van der Waals surface area contributed by atoms with Crippen molar-refractivity contribution in [3.05, 3.63) is 53.3 Å². The van der Waals surface area contributed by atoms with Crippen LogP contribution in [0.15, 0.2) is 36.5 Å². The van der Waals surface area contributed by atoms with Gasteiger partial charge in [0.05, 0.1) is 5.69 Å². The van der Waals surface area contributed by atoms with Gasteiger partial charge in [-0.2, -0.15) is 0 Å². The second-order valence-electron chi connectivity index (χ2n) is 3.85. The standard InChI is InChI=1S/C13H8ClF2N3O2/c14-11-9(5-2-6-17-11)18-12(20)13(21)19-10-7(15)3-1-4-8(10)16/h1-6H,(H,18,20)(H,19,21). The number of nitrogens with one attached hydrogen (secondary N) is 2. The van der Waals surface area contributed by atoms with Crippen LogP contribution in [0.4, 0.5) is 20.2 Å². The summed E-state index contributed by atoms with van der Waals surface area (Å²) in [5.74, 6) is -4.35. The van der Waals surface area contributed by atoms with Crippen molar-refractivity contribution in [1.82, 2.24) is 4.98 Å². The van der Waals surface area contributed by atoms with Gasteiger partial charge in [0.2, 0.25) is 0 Å². The lowest BCUT2D eigenvalue weighted by Crippen LogP contribution is -2.30. The fourth-order valence-corrected chi connectivity index (χ4v) is 1.61. The molecule has 0 aliphatic heterocycles. The summed E-state index contributed by atoms with van der Waals surface area (Å²) in [5.41, 5.74) is -0.594. The highest BCUT2D eigenvalue weighted by Crippen LogP contribution is 2.19. The van der Waals surface area contributed by atoms with E-state index in [1.165, 1.54) is 18.3 Å². The molecule has 0 aliphatic carbocycles. The molecule has 8 heteroatoms. The Morgan fingerprint density at radius 2 is 1.62 bits per heavy atom. The minimum atomic E-state index is -1.24. The molecular weight excluding hydrogens is 304 g/mol. The van der Waals surface area contributed by atoms with E-state index in [0.717, 1.165) is 18.2 Å². The smallest absolute Gasteiger partial charge is 0.314 e. The highest BCUT2D eigenvalue weighted by atomic mass is 35.5. The number of para-hydroxylation sites is 1. The summed E-state index contributed by atoms with van der Waals surface area (Å²) in [7, 11) is 0. The van der Waals surface area contributed by atoms with Crippen LogP contribution in [0.2, 0.25) is 5.15 Å². The van der Waals surface area contributed by atoms with Gasteiger partial charge in [-0.15, -0.1) is 0 Å². The topological polar surface area (TPSA) is 71.1 Å². The molecule has 0 unspecified atom stereocenters. The van der Waals surface area contributed by atoms with Crippen molar-refractivity contribution in [3.63, 3.8) is 0 Å². The molecule has 2 N–H and O–H groups in total. The molecule has 1 heterocycles. The summed E-state index contributed by atoms with van der Waals surface area (Å²) in [5, 5.41) is 4.01. The van der Waals surface area contributed by atoms with Crippen LogP contribution in [0.5, 0.6) is 0 Å². The Kier molecular flexibility index (Phi) is 4.44. The van der Waals surface area contributed by atoms with Crippen molar-refractivity contribution in [2.45, 2.75) is 0 Å². The van der Waals surface area contributed by atoms with E-state index in [4.69, 9.17) is 11.6 Å². The Morgan fingerprint density at radius 3 is 2.24 bits per heavy atom. The number of nitrogens with zero attached hydrogens (tertiary/aromatic N) is 1. The van der Waals surface area contributed by atoms with E-state index < -0.39 is 29.1 Å². The van der Waals surface area contributed by atoms with Crippen molar-refractivity contribution in [3.8, 4) is 0 Å². The fourth-order valence-electron chi connectivity index (χ4n) is 1.45. The number of hydrogen-bond acceptors (Lipinski definition) is 3. The van der Waals surface area contributed by atoms with Crippen LogP contribution < -0.4 is 10.6 Å². The van der Waals surface area contributed by atoms with Crippen LogP contribution in [0.1, 0.15) is 0 Å². The van der Waals surface area contributed by atoms with Crippen LogP contribution in [-0.2, 0) is 9.59 Å². The maximum Gasteiger partial charge on any atom is 0.314 e. The van der Waals surface area contributed by atoms with Gasteiger partial charge in [-0.1, -0.05) is 17.7 Å². The predicted octanol–water partition coefficient (Wildman–Crippen LogP) is 2.59. The Bertz CT molecular complexity index is 689. The van der Waals surface area contributed by atoms with E-state index in [0.29, 0.717) is 0 Å². The molecule has 0 fully saturated rings. The normalized spacial score (nSPS) is 10.0. The quantitative estimate of drug-likeness (QED) is 0.661. The maximum absolute atomic E-state index is 13.3. The number of aromatic nitrogens is 1. The van der Waals surface area contributed by atoms with Crippen LogP contribution in [0.25, 0.3) is 0 Å². The Hall–Kier alpha value is -2.54. The maximum atomic E-state index is 13.3. The first-order valence-corrected chi connectivity index (χ1v) is 6.03. The first-order chi connectivity index (χ1) is 9.99. The van der Waals surface area contributed by atoms with Gasteiger partial charge >= 0.3 is 11.8 Å². The number of hydrogen-bond donors (Lipinski definition) is 2. The molecule has 21 heavy (non-hydrogen) atoms. The van der Waals surface area contributed by atoms with Crippen molar-refractivity contribution in [2.75, 3.05) is 10.6 Å². The first kappa shape index (κ1) is 14.9. The van der Waals surface area contributed by atoms with Crippen molar-refractivity contribution < 1.29 is 18.4 Å². The minimum Gasteiger partial charge on any atom is -0.315 e. The van der Waals surface area contributed by atoms with Crippen LogP contribution in [0, 0.1) is 11.6 Å². The lowest BCUT2D eigenvalue weighted by molar-refractivity contribution is -0.133. The minimum absolute atomic E-state index is 0.0178. The highest BCUT2D eigenvalue weighted by Gasteiger charge is 2.19. The Morgan fingerprint density at radius 1 is 1.00 bits per heavy atom. The zero-order chi connectivity index (χ0) is 15.4. The number of pyridine rings is 1. The summed E-state index contributed by atoms with van der Waals surface area (Å²) >= 11 is 5.71. The molecule has 0 aliphatic rings. The molecular formula is C13H8ClF2N3O2. The third kappa shape index (κ3) is 3.51. The van der Waals surface area contributed by atoms with Gasteiger partial charge in [-0.3, -0.25) is 9.59 Å². The molecule has 5 nitrogen and oxygen atoms in total. The number of halogens is 3. The molecule has 2 amide bonds. The molecule has 0 spiro atoms. The molecule has 0 saturated heterocycles. The summed E-state index contributed by atoms with van der Waals surface area (Å²) < 4.78 is 26.7. The fraction of sp³-hybridized carbons (Fsp3) is 0. The largest absolute Gasteiger partial charge is 0.315 e. The van der Waals surface area contributed by atoms with Crippen molar-refractivity contribution >= 4 is 34.8 Å². The van der Waals surface area contributed by atoms with Crippen LogP contribution >= 0.6 is 11.6 Å². The van der Waals surface area contributed by atoms with Gasteiger partial charge in [-0.05, 0) is 24.3 Å². The number of amides is 2. The van der Waals surface area contributed by atoms with E-state index in [1.54, 1.807) is 0 Å². The van der Waals surface area contributed by atoms with E-state index in [9.17, 15) is 18.4 Å². The first-order valence-electron chi connectivity index (χ1n) is 5.66. The molecule has 0 saturated carbocycles. The molecule has 2 aromatic rings. The van der Waals surface area contributed by atoms with Gasteiger partial charge < -0.3 is 10.6 Å². The summed E-state index contributed by atoms with van der Waals surface area (Å²) in [6, 6.07) is 5.96. The predicted molar refractivity (Wildman–Crippen MR) is 72.9 cm³/mol. The molecule has 0 atom stereocenters. The monoisotopic (exact) mass is 311 g/mol. The molecule has 108 valence electrons. The lowest BCUT2D eigenvalue weighted by Gasteiger charge is -2.08. The summed E-state index contributed by atoms with van der Waals surface area (Å²) in [4.78, 5) is 27.0. The third-order valence-electron chi connectivity index (χ3n) is 2.41. The Balaban J connectivity index is 2.10. The van der Waals surface area contributed by atoms with E-state index in [2.05, 4.69) is 10.3 Å². The molecule has 0 bridgehead atoms. The van der Waals surface area contributed by atoms with Gasteiger partial charge in [0.15, 0.2) is 5.15 Å². The van der Waals surface area contributed by atoms with Gasteiger partial charge in [0.25, 0.3) is 0 Å². The second-order valence-corrected chi connectivity index (χ2v) is 4.20. The highest BCUT2D eigenvalue weighted by molar-refractivity contribution is 6.44. The molecule has 0 radical (unpaired) electrons. The summed E-state index contributed by atoms with van der Waals surface area (Å²) in [6.07, 6.45) is 1.40. The van der Waals surface area contributed by atoms with Gasteiger partial charge in [-0.25, -0.2) is 13.8 Å². The number of anilines is 2. The lowest BCUT2D eigenvalue weighted by atomic mass is 10.3. The average Bonchev–Trinajstić information content (AvgIpc) is 2.45. The SMILES string of the molecule is O=C(Nc1cccnc1Cl)C(=O)Nc1c(F)cccc1F. The van der Waals surface area contributed by atoms with Gasteiger partial charge in [0.1, 0.15) is 17.3 Å². The van der Waals surface area contributed by atoms with Crippen molar-refractivity contribution in [1.29, 1.82) is 0 Å². The zero-order valence-electron chi connectivity index (χ0n) is 10.4. The molecule has 1 aromatic heterocycles. The van der Waals surface area contributed by atoms with Crippen molar-refractivity contribution in [2.24, 2.45) is 0 Å². The van der Waals surface area contributed by atoms with E-state index in [1.807, 2.05) is 5.32 Å². The van der Waals surface area contributed by atoms with E-state index in [-0.39, 0.29) is 10.8 Å². The Labute approximate surface area is 122 Å². The van der Waals surface area contributed by atoms with Crippen LogP contribution in [0.3, 0.4) is 0 Å². The number of carbonyl (C=O) groups excluding carboxylic acids is 2. The van der Waals surface area contributed by atoms with Crippen LogP contribution in [-0.4, -0.2) is 16.8 Å². The average molecular weight is 312 g/mol. The van der Waals surface area contributed by atoms with E-state index >= 15 is 0 Å². The number of carbonyl (C=O) groups is 2. The summed E-state index contributed by atoms with van der Waals surface area (Å²) in [6.45, 7) is 0. The van der Waals surface area contributed by atoms with Gasteiger partial charge in [0, 0.05) is 6.20 Å². The second kappa shape index (κ2) is 6.27.